The van der Waals surface area contributed by atoms with E-state index in [-0.39, 0.29) is 12.5 Å². The summed E-state index contributed by atoms with van der Waals surface area (Å²) < 4.78 is 30.0. The molecule has 0 aliphatic carbocycles. The number of nitrogens with one attached hydrogen (secondary N) is 1. The van der Waals surface area contributed by atoms with Crippen LogP contribution in [-0.4, -0.2) is 35.6 Å². The molecule has 0 fully saturated rings. The van der Waals surface area contributed by atoms with Crippen LogP contribution in [0.4, 0.5) is 8.78 Å². The lowest BCUT2D eigenvalue weighted by Crippen LogP contribution is -2.42. The Morgan fingerprint density at radius 1 is 1.32 bits per heavy atom. The first-order valence-electron chi connectivity index (χ1n) is 6.84. The number of hydrogen-bond acceptors (Lipinski definition) is 3. The van der Waals surface area contributed by atoms with Gasteiger partial charge in [-0.05, 0) is 31.5 Å². The van der Waals surface area contributed by atoms with Crippen LogP contribution >= 0.6 is 0 Å². The van der Waals surface area contributed by atoms with Gasteiger partial charge in [0.2, 0.25) is 12.3 Å². The molecule has 1 atom stereocenters. The molecule has 1 aromatic carbocycles. The fourth-order valence-electron chi connectivity index (χ4n) is 1.83. The van der Waals surface area contributed by atoms with Crippen LogP contribution < -0.4 is 10.1 Å². The van der Waals surface area contributed by atoms with Gasteiger partial charge in [0, 0.05) is 6.42 Å². The molecule has 0 saturated carbocycles. The van der Waals surface area contributed by atoms with Gasteiger partial charge in [-0.2, -0.15) is 0 Å². The molecule has 0 aromatic heterocycles. The number of aliphatic carboxylic acids is 1. The number of rotatable bonds is 8. The first kappa shape index (κ1) is 17.9. The lowest BCUT2D eigenvalue weighted by molar-refractivity contribution is -0.142. The van der Waals surface area contributed by atoms with E-state index in [1.54, 1.807) is 24.3 Å². The maximum absolute atomic E-state index is 12.3. The quantitative estimate of drug-likeness (QED) is 0.771. The molecule has 1 unspecified atom stereocenters. The van der Waals surface area contributed by atoms with Crippen molar-refractivity contribution >= 4 is 11.9 Å². The SMILES string of the molecule is CC(C)Oc1cccc(CC(=O)NC(CC(F)F)C(=O)O)c1. The number of halogens is 2. The second-order valence-electron chi connectivity index (χ2n) is 5.08. The van der Waals surface area contributed by atoms with Crippen LogP contribution in [0.2, 0.25) is 0 Å². The predicted octanol–water partition coefficient (Wildman–Crippen LogP) is 2.24. The van der Waals surface area contributed by atoms with E-state index in [1.807, 2.05) is 13.8 Å². The summed E-state index contributed by atoms with van der Waals surface area (Å²) in [6, 6.07) is 5.17. The molecular weight excluding hydrogens is 296 g/mol. The molecule has 122 valence electrons. The Labute approximate surface area is 127 Å². The van der Waals surface area contributed by atoms with Gasteiger partial charge in [0.25, 0.3) is 0 Å². The number of benzene rings is 1. The van der Waals surface area contributed by atoms with Crippen LogP contribution in [0.25, 0.3) is 0 Å². The summed E-state index contributed by atoms with van der Waals surface area (Å²) in [7, 11) is 0. The van der Waals surface area contributed by atoms with Gasteiger partial charge >= 0.3 is 5.97 Å². The third-order valence-electron chi connectivity index (χ3n) is 2.68. The average Bonchev–Trinajstić information content (AvgIpc) is 2.36. The highest BCUT2D eigenvalue weighted by molar-refractivity contribution is 5.84. The van der Waals surface area contributed by atoms with Gasteiger partial charge in [0.1, 0.15) is 11.8 Å². The van der Waals surface area contributed by atoms with Crippen molar-refractivity contribution in [1.29, 1.82) is 0 Å². The molecule has 22 heavy (non-hydrogen) atoms. The van der Waals surface area contributed by atoms with Gasteiger partial charge in [-0.3, -0.25) is 4.79 Å². The van der Waals surface area contributed by atoms with Gasteiger partial charge in [-0.1, -0.05) is 12.1 Å². The van der Waals surface area contributed by atoms with Crippen molar-refractivity contribution < 1.29 is 28.2 Å². The van der Waals surface area contributed by atoms with E-state index in [1.165, 1.54) is 0 Å². The smallest absolute Gasteiger partial charge is 0.326 e. The molecule has 1 aromatic rings. The second kappa shape index (κ2) is 8.31. The second-order valence-corrected chi connectivity index (χ2v) is 5.08. The topological polar surface area (TPSA) is 75.6 Å². The summed E-state index contributed by atoms with van der Waals surface area (Å²) in [6.45, 7) is 3.72. The summed E-state index contributed by atoms with van der Waals surface area (Å²) in [5.74, 6) is -1.53. The Hall–Kier alpha value is -2.18. The molecule has 0 saturated heterocycles. The number of hydrogen-bond donors (Lipinski definition) is 2. The molecule has 0 aliphatic heterocycles. The van der Waals surface area contributed by atoms with E-state index in [0.29, 0.717) is 11.3 Å². The zero-order chi connectivity index (χ0) is 16.7. The number of amides is 1. The zero-order valence-corrected chi connectivity index (χ0v) is 12.4. The Balaban J connectivity index is 2.65. The maximum atomic E-state index is 12.3. The summed E-state index contributed by atoms with van der Waals surface area (Å²) in [5.41, 5.74) is 0.608. The lowest BCUT2D eigenvalue weighted by atomic mass is 10.1. The van der Waals surface area contributed by atoms with E-state index < -0.39 is 30.8 Å². The first-order chi connectivity index (χ1) is 10.3. The first-order valence-corrected chi connectivity index (χ1v) is 6.84. The number of carbonyl (C=O) groups excluding carboxylic acids is 1. The van der Waals surface area contributed by atoms with E-state index >= 15 is 0 Å². The molecular formula is C15H19F2NO4. The summed E-state index contributed by atoms with van der Waals surface area (Å²) in [5, 5.41) is 10.9. The molecule has 0 aliphatic rings. The molecule has 7 heteroatoms. The normalized spacial score (nSPS) is 12.3. The molecule has 2 N–H and O–H groups in total. The van der Waals surface area contributed by atoms with Crippen molar-refractivity contribution in [1.82, 2.24) is 5.32 Å². The zero-order valence-electron chi connectivity index (χ0n) is 12.4. The fourth-order valence-corrected chi connectivity index (χ4v) is 1.83. The highest BCUT2D eigenvalue weighted by Gasteiger charge is 2.24. The van der Waals surface area contributed by atoms with E-state index in [4.69, 9.17) is 9.84 Å². The molecule has 5 nitrogen and oxygen atoms in total. The number of carbonyl (C=O) groups is 2. The summed E-state index contributed by atoms with van der Waals surface area (Å²) >= 11 is 0. The van der Waals surface area contributed by atoms with Crippen molar-refractivity contribution in [3.63, 3.8) is 0 Å². The molecule has 1 amide bonds. The van der Waals surface area contributed by atoms with Crippen molar-refractivity contribution in [3.8, 4) is 5.75 Å². The lowest BCUT2D eigenvalue weighted by Gasteiger charge is -2.14. The Morgan fingerprint density at radius 3 is 2.55 bits per heavy atom. The monoisotopic (exact) mass is 315 g/mol. The van der Waals surface area contributed by atoms with Gasteiger partial charge in [0.05, 0.1) is 12.5 Å². The molecule has 0 spiro atoms. The fraction of sp³-hybridized carbons (Fsp3) is 0.467. The summed E-state index contributed by atoms with van der Waals surface area (Å²) in [6.07, 6.45) is -3.85. The van der Waals surface area contributed by atoms with Crippen LogP contribution in [0.5, 0.6) is 5.75 Å². The highest BCUT2D eigenvalue weighted by Crippen LogP contribution is 2.15. The van der Waals surface area contributed by atoms with Crippen molar-refractivity contribution in [2.45, 2.75) is 45.3 Å². The van der Waals surface area contributed by atoms with Crippen LogP contribution in [0.15, 0.2) is 24.3 Å². The van der Waals surface area contributed by atoms with Crippen LogP contribution in [0, 0.1) is 0 Å². The molecule has 0 heterocycles. The average molecular weight is 315 g/mol. The van der Waals surface area contributed by atoms with Gasteiger partial charge in [-0.15, -0.1) is 0 Å². The number of ether oxygens (including phenoxy) is 1. The van der Waals surface area contributed by atoms with Crippen molar-refractivity contribution in [2.75, 3.05) is 0 Å². The molecule has 0 bridgehead atoms. The minimum absolute atomic E-state index is 0.0218. The maximum Gasteiger partial charge on any atom is 0.326 e. The van der Waals surface area contributed by atoms with E-state index in [2.05, 4.69) is 5.32 Å². The number of carboxylic acid groups (broad SMARTS) is 1. The van der Waals surface area contributed by atoms with E-state index in [9.17, 15) is 18.4 Å². The molecule has 0 radical (unpaired) electrons. The Morgan fingerprint density at radius 2 is 2.00 bits per heavy atom. The van der Waals surface area contributed by atoms with Gasteiger partial charge in [-0.25, -0.2) is 13.6 Å². The standard InChI is InChI=1S/C15H19F2NO4/c1-9(2)22-11-5-3-4-10(6-11)7-14(19)18-12(15(20)21)8-13(16)17/h3-6,9,12-13H,7-8H2,1-2H3,(H,18,19)(H,20,21). The number of carboxylic acids is 1. The third-order valence-corrected chi connectivity index (χ3v) is 2.68. The van der Waals surface area contributed by atoms with E-state index in [0.717, 1.165) is 0 Å². The van der Waals surface area contributed by atoms with Crippen LogP contribution in [0.1, 0.15) is 25.8 Å². The largest absolute Gasteiger partial charge is 0.491 e. The minimum atomic E-state index is -2.80. The number of alkyl halides is 2. The predicted molar refractivity (Wildman–Crippen MR) is 76.1 cm³/mol. The summed E-state index contributed by atoms with van der Waals surface area (Å²) in [4.78, 5) is 22.6. The van der Waals surface area contributed by atoms with Crippen molar-refractivity contribution in [2.24, 2.45) is 0 Å². The Kier molecular flexibility index (Phi) is 6.75. The minimum Gasteiger partial charge on any atom is -0.491 e. The highest BCUT2D eigenvalue weighted by atomic mass is 19.3. The molecule has 1 rings (SSSR count). The van der Waals surface area contributed by atoms with Crippen LogP contribution in [-0.2, 0) is 16.0 Å². The van der Waals surface area contributed by atoms with Gasteiger partial charge < -0.3 is 15.2 Å². The van der Waals surface area contributed by atoms with Crippen molar-refractivity contribution in [3.05, 3.63) is 29.8 Å². The third kappa shape index (κ3) is 6.51. The van der Waals surface area contributed by atoms with Gasteiger partial charge in [0.15, 0.2) is 0 Å². The Bertz CT molecular complexity index is 520. The van der Waals surface area contributed by atoms with Crippen LogP contribution in [0.3, 0.4) is 0 Å².